The third-order valence-electron chi connectivity index (χ3n) is 2.93. The van der Waals surface area contributed by atoms with Crippen molar-refractivity contribution in [3.05, 3.63) is 34.3 Å². The van der Waals surface area contributed by atoms with Crippen LogP contribution in [0.25, 0.3) is 0 Å². The monoisotopic (exact) mass is 270 g/mol. The zero-order chi connectivity index (χ0) is 11.3. The second-order valence-corrected chi connectivity index (χ2v) is 5.02. The molecule has 15 heavy (non-hydrogen) atoms. The summed E-state index contributed by atoms with van der Waals surface area (Å²) in [5, 5.41) is 9.43. The van der Waals surface area contributed by atoms with Crippen LogP contribution in [0.2, 0.25) is 0 Å². The van der Waals surface area contributed by atoms with E-state index in [4.69, 9.17) is 0 Å². The molecular formula is C13H19BrO. The van der Waals surface area contributed by atoms with Crippen LogP contribution in [0.1, 0.15) is 38.2 Å². The normalized spacial score (nSPS) is 14.9. The first-order valence-corrected chi connectivity index (χ1v) is 6.34. The number of benzene rings is 1. The van der Waals surface area contributed by atoms with Crippen molar-refractivity contribution in [3.8, 4) is 0 Å². The lowest BCUT2D eigenvalue weighted by Crippen LogP contribution is -2.13. The van der Waals surface area contributed by atoms with E-state index >= 15 is 0 Å². The minimum atomic E-state index is 0.239. The average Bonchev–Trinajstić information content (AvgIpc) is 2.22. The zero-order valence-electron chi connectivity index (χ0n) is 9.41. The maximum absolute atomic E-state index is 9.43. The molecule has 0 saturated heterocycles. The van der Waals surface area contributed by atoms with E-state index in [1.807, 2.05) is 12.1 Å². The molecule has 0 heterocycles. The summed E-state index contributed by atoms with van der Waals surface area (Å²) in [7, 11) is 0. The van der Waals surface area contributed by atoms with Gasteiger partial charge in [0.1, 0.15) is 0 Å². The van der Waals surface area contributed by atoms with Crippen LogP contribution in [0.5, 0.6) is 0 Å². The lowest BCUT2D eigenvalue weighted by Gasteiger charge is -2.22. The predicted octanol–water partition coefficient (Wildman–Crippen LogP) is 3.96. The number of aliphatic hydroxyl groups is 1. The molecule has 1 rings (SSSR count). The second kappa shape index (κ2) is 6.29. The largest absolute Gasteiger partial charge is 0.396 e. The lowest BCUT2D eigenvalue weighted by molar-refractivity contribution is 0.226. The molecule has 1 aromatic carbocycles. The smallest absolute Gasteiger partial charge is 0.0502 e. The fraction of sp³-hybridized carbons (Fsp3) is 0.538. The van der Waals surface area contributed by atoms with Crippen LogP contribution >= 0.6 is 15.9 Å². The van der Waals surface area contributed by atoms with Crippen molar-refractivity contribution < 1.29 is 5.11 Å². The molecule has 0 aliphatic carbocycles. The zero-order valence-corrected chi connectivity index (χ0v) is 11.0. The van der Waals surface area contributed by atoms with Gasteiger partial charge in [-0.1, -0.05) is 54.8 Å². The maximum atomic E-state index is 9.43. The molecule has 0 aliphatic heterocycles. The van der Waals surface area contributed by atoms with Crippen molar-refractivity contribution >= 4 is 15.9 Å². The number of rotatable bonds is 5. The van der Waals surface area contributed by atoms with Gasteiger partial charge in [-0.15, -0.1) is 0 Å². The number of hydrogen-bond acceptors (Lipinski definition) is 1. The van der Waals surface area contributed by atoms with Gasteiger partial charge in [-0.25, -0.2) is 0 Å². The second-order valence-electron chi connectivity index (χ2n) is 4.11. The van der Waals surface area contributed by atoms with Crippen molar-refractivity contribution in [2.24, 2.45) is 5.92 Å². The van der Waals surface area contributed by atoms with Crippen molar-refractivity contribution in [2.45, 2.75) is 32.6 Å². The Labute approximate surface area is 101 Å². The summed E-state index contributed by atoms with van der Waals surface area (Å²) in [6.07, 6.45) is 2.34. The van der Waals surface area contributed by atoms with Crippen LogP contribution in [0.15, 0.2) is 28.7 Å². The van der Waals surface area contributed by atoms with Crippen molar-refractivity contribution in [1.29, 1.82) is 0 Å². The van der Waals surface area contributed by atoms with Gasteiger partial charge < -0.3 is 5.11 Å². The molecule has 1 aromatic rings. The number of halogens is 1. The van der Waals surface area contributed by atoms with Gasteiger partial charge in [0, 0.05) is 10.4 Å². The van der Waals surface area contributed by atoms with Gasteiger partial charge in [0.15, 0.2) is 0 Å². The summed E-state index contributed by atoms with van der Waals surface area (Å²) in [6, 6.07) is 8.27. The van der Waals surface area contributed by atoms with Crippen LogP contribution in [-0.4, -0.2) is 11.7 Å². The fourth-order valence-electron chi connectivity index (χ4n) is 1.98. The van der Waals surface area contributed by atoms with Crippen LogP contribution in [0.4, 0.5) is 0 Å². The Kier molecular flexibility index (Phi) is 5.34. The summed E-state index contributed by atoms with van der Waals surface area (Å²) in [5.74, 6) is 0.819. The first-order valence-electron chi connectivity index (χ1n) is 5.55. The minimum Gasteiger partial charge on any atom is -0.396 e. The molecule has 0 aliphatic rings. The summed E-state index contributed by atoms with van der Waals surface area (Å²) in [6.45, 7) is 4.64. The Balaban J connectivity index is 2.77. The molecule has 0 fully saturated rings. The van der Waals surface area contributed by atoms with Crippen molar-refractivity contribution in [1.82, 2.24) is 0 Å². The van der Waals surface area contributed by atoms with Gasteiger partial charge in [0.2, 0.25) is 0 Å². The van der Waals surface area contributed by atoms with Crippen molar-refractivity contribution in [2.75, 3.05) is 6.61 Å². The molecule has 1 N–H and O–H groups in total. The topological polar surface area (TPSA) is 20.2 Å². The van der Waals surface area contributed by atoms with Gasteiger partial charge in [0.05, 0.1) is 6.61 Å². The van der Waals surface area contributed by atoms with Crippen LogP contribution in [-0.2, 0) is 0 Å². The number of aliphatic hydroxyl groups excluding tert-OH is 1. The number of hydrogen-bond donors (Lipinski definition) is 1. The Hall–Kier alpha value is -0.340. The first-order chi connectivity index (χ1) is 7.19. The van der Waals surface area contributed by atoms with E-state index in [1.54, 1.807) is 0 Å². The molecular weight excluding hydrogens is 252 g/mol. The molecule has 0 saturated carbocycles. The minimum absolute atomic E-state index is 0.239. The molecule has 0 bridgehead atoms. The lowest BCUT2D eigenvalue weighted by atomic mass is 9.85. The van der Waals surface area contributed by atoms with Crippen LogP contribution < -0.4 is 0 Å². The van der Waals surface area contributed by atoms with Gasteiger partial charge >= 0.3 is 0 Å². The Morgan fingerprint density at radius 1 is 1.27 bits per heavy atom. The van der Waals surface area contributed by atoms with Gasteiger partial charge in [-0.05, 0) is 23.6 Å². The highest BCUT2D eigenvalue weighted by molar-refractivity contribution is 9.10. The molecule has 0 spiro atoms. The van der Waals surface area contributed by atoms with Gasteiger partial charge in [-0.2, -0.15) is 0 Å². The molecule has 2 unspecified atom stereocenters. The molecule has 2 atom stereocenters. The van der Waals surface area contributed by atoms with E-state index in [9.17, 15) is 5.11 Å². The maximum Gasteiger partial charge on any atom is 0.0502 e. The van der Waals surface area contributed by atoms with E-state index < -0.39 is 0 Å². The SMILES string of the molecule is CCCC(C)C(CO)c1ccc(Br)cc1. The third kappa shape index (κ3) is 3.62. The van der Waals surface area contributed by atoms with E-state index in [1.165, 1.54) is 18.4 Å². The highest BCUT2D eigenvalue weighted by atomic mass is 79.9. The third-order valence-corrected chi connectivity index (χ3v) is 3.45. The quantitative estimate of drug-likeness (QED) is 0.859. The summed E-state index contributed by atoms with van der Waals surface area (Å²) in [4.78, 5) is 0. The van der Waals surface area contributed by atoms with E-state index in [0.29, 0.717) is 5.92 Å². The van der Waals surface area contributed by atoms with E-state index in [2.05, 4.69) is 41.9 Å². The Morgan fingerprint density at radius 3 is 2.33 bits per heavy atom. The Bertz CT molecular complexity index is 281. The van der Waals surface area contributed by atoms with E-state index in [0.717, 1.165) is 4.47 Å². The average molecular weight is 271 g/mol. The predicted molar refractivity (Wildman–Crippen MR) is 68.0 cm³/mol. The van der Waals surface area contributed by atoms with Crippen molar-refractivity contribution in [3.63, 3.8) is 0 Å². The molecule has 0 aromatic heterocycles. The highest BCUT2D eigenvalue weighted by Gasteiger charge is 2.17. The standard InChI is InChI=1S/C13H19BrO/c1-3-4-10(2)13(9-15)11-5-7-12(14)8-6-11/h5-8,10,13,15H,3-4,9H2,1-2H3. The molecule has 0 amide bonds. The van der Waals surface area contributed by atoms with Gasteiger partial charge in [0.25, 0.3) is 0 Å². The van der Waals surface area contributed by atoms with Crippen LogP contribution in [0.3, 0.4) is 0 Å². The first kappa shape index (κ1) is 12.7. The summed E-state index contributed by atoms with van der Waals surface area (Å²) >= 11 is 3.42. The molecule has 0 radical (unpaired) electrons. The van der Waals surface area contributed by atoms with Crippen LogP contribution in [0, 0.1) is 5.92 Å². The van der Waals surface area contributed by atoms with Gasteiger partial charge in [-0.3, -0.25) is 0 Å². The fourth-order valence-corrected chi connectivity index (χ4v) is 2.24. The molecule has 84 valence electrons. The molecule has 1 nitrogen and oxygen atoms in total. The molecule has 2 heteroatoms. The summed E-state index contributed by atoms with van der Waals surface area (Å²) in [5.41, 5.74) is 1.24. The summed E-state index contributed by atoms with van der Waals surface area (Å²) < 4.78 is 1.09. The Morgan fingerprint density at radius 2 is 1.87 bits per heavy atom. The highest BCUT2D eigenvalue weighted by Crippen LogP contribution is 2.28. The van der Waals surface area contributed by atoms with E-state index in [-0.39, 0.29) is 12.5 Å².